The molecule has 2 N–H and O–H groups in total. The number of aromatic hydroxyl groups is 1. The van der Waals surface area contributed by atoms with Gasteiger partial charge in [0.15, 0.2) is 0 Å². The van der Waals surface area contributed by atoms with Crippen molar-refractivity contribution in [2.24, 2.45) is 0 Å². The number of nitrogens with zero attached hydrogens (tertiary/aromatic N) is 1. The third-order valence-corrected chi connectivity index (χ3v) is 3.58. The number of anilines is 1. The average molecular weight is 314 g/mol. The van der Waals surface area contributed by atoms with E-state index in [1.165, 1.54) is 18.2 Å². The molecule has 3 rings (SSSR count). The fourth-order valence-electron chi connectivity index (χ4n) is 2.45. The lowest BCUT2D eigenvalue weighted by atomic mass is 10.1. The average Bonchev–Trinajstić information content (AvgIpc) is 2.60. The summed E-state index contributed by atoms with van der Waals surface area (Å²) in [7, 11) is 0. The molecular formula is C20H14N2O2. The summed E-state index contributed by atoms with van der Waals surface area (Å²) >= 11 is 0. The Morgan fingerprint density at radius 3 is 2.58 bits per heavy atom. The van der Waals surface area contributed by atoms with E-state index in [9.17, 15) is 15.2 Å². The summed E-state index contributed by atoms with van der Waals surface area (Å²) in [4.78, 5) is 12.4. The normalized spacial score (nSPS) is 11.0. The zero-order chi connectivity index (χ0) is 16.9. The van der Waals surface area contributed by atoms with Crippen molar-refractivity contribution in [2.75, 3.05) is 5.32 Å². The van der Waals surface area contributed by atoms with Crippen LogP contribution < -0.4 is 5.32 Å². The zero-order valence-electron chi connectivity index (χ0n) is 12.7. The molecule has 0 aromatic heterocycles. The summed E-state index contributed by atoms with van der Waals surface area (Å²) < 4.78 is 0. The molecule has 0 bridgehead atoms. The van der Waals surface area contributed by atoms with Crippen LogP contribution in [0.2, 0.25) is 0 Å². The van der Waals surface area contributed by atoms with Crippen LogP contribution in [0.15, 0.2) is 72.3 Å². The van der Waals surface area contributed by atoms with Gasteiger partial charge in [-0.05, 0) is 35.2 Å². The molecule has 0 radical (unpaired) electrons. The molecule has 24 heavy (non-hydrogen) atoms. The molecule has 4 heteroatoms. The van der Waals surface area contributed by atoms with Gasteiger partial charge >= 0.3 is 0 Å². The lowest BCUT2D eigenvalue weighted by Crippen LogP contribution is -2.13. The Hall–Kier alpha value is -3.58. The highest BCUT2D eigenvalue weighted by molar-refractivity contribution is 6.12. The number of hydrogen-bond acceptors (Lipinski definition) is 3. The number of benzene rings is 3. The molecule has 3 aromatic rings. The molecule has 1 amide bonds. The van der Waals surface area contributed by atoms with Gasteiger partial charge in [0.2, 0.25) is 0 Å². The smallest absolute Gasteiger partial charge is 0.266 e. The predicted molar refractivity (Wildman–Crippen MR) is 94.3 cm³/mol. The maximum absolute atomic E-state index is 12.4. The third-order valence-electron chi connectivity index (χ3n) is 3.58. The summed E-state index contributed by atoms with van der Waals surface area (Å²) in [6, 6.07) is 21.6. The molecule has 0 saturated carbocycles. The van der Waals surface area contributed by atoms with Crippen molar-refractivity contribution in [3.8, 4) is 11.8 Å². The van der Waals surface area contributed by atoms with Gasteiger partial charge in [-0.1, -0.05) is 48.5 Å². The number of nitrogens with one attached hydrogen (secondary N) is 1. The van der Waals surface area contributed by atoms with E-state index in [0.29, 0.717) is 11.3 Å². The zero-order valence-corrected chi connectivity index (χ0v) is 12.7. The topological polar surface area (TPSA) is 73.1 Å². The lowest BCUT2D eigenvalue weighted by Gasteiger charge is -2.08. The Morgan fingerprint density at radius 1 is 1.04 bits per heavy atom. The SMILES string of the molecule is N#C/C(=C/c1cccc(O)c1)C(=O)Nc1cccc2ccccc12. The number of rotatable bonds is 3. The summed E-state index contributed by atoms with van der Waals surface area (Å²) in [5, 5.41) is 23.4. The van der Waals surface area contributed by atoms with Crippen LogP contribution in [-0.4, -0.2) is 11.0 Å². The van der Waals surface area contributed by atoms with Crippen molar-refractivity contribution in [2.45, 2.75) is 0 Å². The molecule has 4 nitrogen and oxygen atoms in total. The fraction of sp³-hybridized carbons (Fsp3) is 0. The Balaban J connectivity index is 1.91. The van der Waals surface area contributed by atoms with E-state index in [2.05, 4.69) is 5.32 Å². The van der Waals surface area contributed by atoms with E-state index in [1.54, 1.807) is 18.2 Å². The highest BCUT2D eigenvalue weighted by Crippen LogP contribution is 2.23. The van der Waals surface area contributed by atoms with Gasteiger partial charge < -0.3 is 10.4 Å². The van der Waals surface area contributed by atoms with E-state index in [1.807, 2.05) is 42.5 Å². The number of phenols is 1. The van der Waals surface area contributed by atoms with Gasteiger partial charge in [-0.25, -0.2) is 0 Å². The third kappa shape index (κ3) is 3.26. The van der Waals surface area contributed by atoms with Gasteiger partial charge in [0, 0.05) is 11.1 Å². The van der Waals surface area contributed by atoms with Crippen molar-refractivity contribution in [1.82, 2.24) is 0 Å². The Bertz CT molecular complexity index is 979. The Morgan fingerprint density at radius 2 is 1.79 bits per heavy atom. The highest BCUT2D eigenvalue weighted by atomic mass is 16.3. The molecular weight excluding hydrogens is 300 g/mol. The van der Waals surface area contributed by atoms with Gasteiger partial charge in [-0.15, -0.1) is 0 Å². The van der Waals surface area contributed by atoms with Crippen molar-refractivity contribution in [3.05, 3.63) is 77.9 Å². The first-order chi connectivity index (χ1) is 11.7. The minimum absolute atomic E-state index is 0.0338. The summed E-state index contributed by atoms with van der Waals surface area (Å²) in [5.74, 6) is -0.410. The summed E-state index contributed by atoms with van der Waals surface area (Å²) in [6.45, 7) is 0. The van der Waals surface area contributed by atoms with Crippen LogP contribution in [0.3, 0.4) is 0 Å². The number of fused-ring (bicyclic) bond motifs is 1. The molecule has 0 unspecified atom stereocenters. The second-order valence-corrected chi connectivity index (χ2v) is 5.25. The van der Waals surface area contributed by atoms with Crippen LogP contribution in [0.4, 0.5) is 5.69 Å². The number of nitriles is 1. The first kappa shape index (κ1) is 15.3. The maximum Gasteiger partial charge on any atom is 0.266 e. The minimum atomic E-state index is -0.489. The molecule has 0 spiro atoms. The van der Waals surface area contributed by atoms with Gasteiger partial charge in [0.05, 0.1) is 0 Å². The first-order valence-corrected chi connectivity index (χ1v) is 7.37. The van der Waals surface area contributed by atoms with Crippen molar-refractivity contribution >= 4 is 28.4 Å². The number of phenolic OH excluding ortho intramolecular Hbond substituents is 1. The molecule has 116 valence electrons. The largest absolute Gasteiger partial charge is 0.508 e. The molecule has 0 saturated heterocycles. The highest BCUT2D eigenvalue weighted by Gasteiger charge is 2.11. The minimum Gasteiger partial charge on any atom is -0.508 e. The fourth-order valence-corrected chi connectivity index (χ4v) is 2.45. The molecule has 0 aliphatic rings. The summed E-state index contributed by atoms with van der Waals surface area (Å²) in [6.07, 6.45) is 1.44. The Labute approximate surface area is 139 Å². The Kier molecular flexibility index (Phi) is 4.26. The van der Waals surface area contributed by atoms with E-state index >= 15 is 0 Å². The van der Waals surface area contributed by atoms with Crippen LogP contribution in [0.1, 0.15) is 5.56 Å². The quantitative estimate of drug-likeness (QED) is 0.565. The number of carbonyl (C=O) groups excluding carboxylic acids is 1. The van der Waals surface area contributed by atoms with Gasteiger partial charge in [0.1, 0.15) is 17.4 Å². The van der Waals surface area contributed by atoms with Gasteiger partial charge in [-0.3, -0.25) is 4.79 Å². The maximum atomic E-state index is 12.4. The monoisotopic (exact) mass is 314 g/mol. The summed E-state index contributed by atoms with van der Waals surface area (Å²) in [5.41, 5.74) is 1.20. The van der Waals surface area contributed by atoms with E-state index in [0.717, 1.165) is 10.8 Å². The number of hydrogen-bond donors (Lipinski definition) is 2. The van der Waals surface area contributed by atoms with Crippen LogP contribution >= 0.6 is 0 Å². The van der Waals surface area contributed by atoms with Crippen LogP contribution in [0.25, 0.3) is 16.8 Å². The molecule has 0 atom stereocenters. The molecule has 0 aliphatic carbocycles. The van der Waals surface area contributed by atoms with E-state index in [-0.39, 0.29) is 11.3 Å². The predicted octanol–water partition coefficient (Wildman–Crippen LogP) is 4.09. The second-order valence-electron chi connectivity index (χ2n) is 5.25. The number of carbonyl (C=O) groups is 1. The van der Waals surface area contributed by atoms with E-state index < -0.39 is 5.91 Å². The van der Waals surface area contributed by atoms with Crippen molar-refractivity contribution < 1.29 is 9.90 Å². The second kappa shape index (κ2) is 6.67. The number of amides is 1. The van der Waals surface area contributed by atoms with Gasteiger partial charge in [-0.2, -0.15) is 5.26 Å². The molecule has 3 aromatic carbocycles. The van der Waals surface area contributed by atoms with Crippen LogP contribution in [0.5, 0.6) is 5.75 Å². The molecule has 0 aliphatic heterocycles. The van der Waals surface area contributed by atoms with E-state index in [4.69, 9.17) is 0 Å². The standard InChI is InChI=1S/C20H14N2O2/c21-13-16(11-14-5-3-8-17(23)12-14)20(24)22-19-10-4-7-15-6-1-2-9-18(15)19/h1-12,23H,(H,22,24)/b16-11-. The van der Waals surface area contributed by atoms with Crippen molar-refractivity contribution in [1.29, 1.82) is 5.26 Å². The molecule has 0 heterocycles. The van der Waals surface area contributed by atoms with Crippen molar-refractivity contribution in [3.63, 3.8) is 0 Å². The first-order valence-electron chi connectivity index (χ1n) is 7.37. The van der Waals surface area contributed by atoms with Gasteiger partial charge in [0.25, 0.3) is 5.91 Å². The van der Waals surface area contributed by atoms with Crippen LogP contribution in [-0.2, 0) is 4.79 Å². The van der Waals surface area contributed by atoms with Crippen LogP contribution in [0, 0.1) is 11.3 Å². The lowest BCUT2D eigenvalue weighted by molar-refractivity contribution is -0.112. The molecule has 0 fully saturated rings.